The zero-order valence-corrected chi connectivity index (χ0v) is 17.1. The summed E-state index contributed by atoms with van der Waals surface area (Å²) in [5.74, 6) is -2.10. The summed E-state index contributed by atoms with van der Waals surface area (Å²) in [4.78, 5) is 0. The van der Waals surface area contributed by atoms with Crippen LogP contribution in [0.15, 0.2) is 40.9 Å². The van der Waals surface area contributed by atoms with Crippen molar-refractivity contribution in [2.45, 2.75) is 51.8 Å². The molecule has 0 radical (unpaired) electrons. The molecule has 2 nitrogen and oxygen atoms in total. The number of pyridine rings is 1. The highest BCUT2D eigenvalue weighted by molar-refractivity contribution is 6.10. The molecule has 1 aliphatic carbocycles. The summed E-state index contributed by atoms with van der Waals surface area (Å²) in [6.45, 7) is -0.730. The lowest BCUT2D eigenvalue weighted by atomic mass is 9.84. The van der Waals surface area contributed by atoms with Crippen molar-refractivity contribution in [2.75, 3.05) is 0 Å². The van der Waals surface area contributed by atoms with Gasteiger partial charge >= 0.3 is 0 Å². The average molecular weight is 411 g/mol. The van der Waals surface area contributed by atoms with Crippen LogP contribution in [-0.4, -0.2) is 0 Å². The Morgan fingerprint density at radius 2 is 1.87 bits per heavy atom. The minimum atomic E-state index is -2.58. The Hall–Kier alpha value is -2.75. The van der Waals surface area contributed by atoms with Gasteiger partial charge in [0.25, 0.3) is 0 Å². The number of nitrogens with zero attached hydrogens (tertiary/aromatic N) is 1. The van der Waals surface area contributed by atoms with E-state index < -0.39 is 24.4 Å². The molecular weight excluding hydrogens is 380 g/mol. The average Bonchev–Trinajstić information content (AvgIpc) is 3.14. The Balaban J connectivity index is 1.75. The SMILES string of the molecule is [2H]C([2H])([2H])c1c[n+](C)c(-c2c(C)ccc3c2oc2cc(C4([2H])CCCCC4)cc(F)c23)cc1F. The number of benzene rings is 2. The van der Waals surface area contributed by atoms with Gasteiger partial charge in [-0.15, -0.1) is 0 Å². The van der Waals surface area contributed by atoms with Crippen molar-refractivity contribution in [1.29, 1.82) is 0 Å². The molecule has 0 saturated heterocycles. The molecule has 0 aliphatic heterocycles. The summed E-state index contributed by atoms with van der Waals surface area (Å²) in [6, 6.07) is 8.03. The number of halogens is 2. The van der Waals surface area contributed by atoms with Gasteiger partial charge in [-0.3, -0.25) is 0 Å². The summed E-state index contributed by atoms with van der Waals surface area (Å²) in [5.41, 5.74) is 2.81. The molecule has 0 N–H and O–H groups in total. The first-order chi connectivity index (χ1) is 16.0. The number of fused-ring (bicyclic) bond motifs is 3. The first-order valence-electron chi connectivity index (χ1n) is 12.4. The zero-order valence-electron chi connectivity index (χ0n) is 21.1. The molecule has 0 atom stereocenters. The number of rotatable bonds is 2. The normalized spacial score (nSPS) is 18.8. The third-order valence-electron chi connectivity index (χ3n) is 6.25. The molecule has 30 heavy (non-hydrogen) atoms. The monoisotopic (exact) mass is 410 g/mol. The largest absolute Gasteiger partial charge is 0.455 e. The van der Waals surface area contributed by atoms with Gasteiger partial charge in [0.2, 0.25) is 5.69 Å². The van der Waals surface area contributed by atoms with Gasteiger partial charge in [0.15, 0.2) is 6.20 Å². The van der Waals surface area contributed by atoms with Gasteiger partial charge < -0.3 is 4.42 Å². The van der Waals surface area contributed by atoms with Crippen LogP contribution in [-0.2, 0) is 7.05 Å². The molecule has 4 aromatic rings. The van der Waals surface area contributed by atoms with Crippen LogP contribution in [0, 0.1) is 25.4 Å². The Labute approximate surface area is 180 Å². The lowest BCUT2D eigenvalue weighted by Gasteiger charge is -2.21. The van der Waals surface area contributed by atoms with Gasteiger partial charge in [-0.05, 0) is 55.8 Å². The molecule has 4 heteroatoms. The second kappa shape index (κ2) is 7.19. The lowest BCUT2D eigenvalue weighted by molar-refractivity contribution is -0.661. The van der Waals surface area contributed by atoms with Crippen LogP contribution in [0.1, 0.15) is 60.2 Å². The summed E-state index contributed by atoms with van der Waals surface area (Å²) < 4.78 is 69.7. The highest BCUT2D eigenvalue weighted by atomic mass is 19.1. The van der Waals surface area contributed by atoms with E-state index in [4.69, 9.17) is 9.90 Å². The number of aryl methyl sites for hydroxylation is 3. The summed E-state index contributed by atoms with van der Waals surface area (Å²) in [7, 11) is 1.65. The first kappa shape index (κ1) is 15.1. The molecule has 154 valence electrons. The van der Waals surface area contributed by atoms with Crippen molar-refractivity contribution in [2.24, 2.45) is 7.05 Å². The van der Waals surface area contributed by atoms with Crippen molar-refractivity contribution >= 4 is 21.9 Å². The summed E-state index contributed by atoms with van der Waals surface area (Å²) in [5, 5.41) is 0.893. The Morgan fingerprint density at radius 1 is 1.07 bits per heavy atom. The van der Waals surface area contributed by atoms with E-state index in [1.807, 2.05) is 13.0 Å². The van der Waals surface area contributed by atoms with Crippen LogP contribution in [0.2, 0.25) is 0 Å². The highest BCUT2D eigenvalue weighted by Crippen LogP contribution is 2.41. The molecule has 5 rings (SSSR count). The number of hydrogen-bond acceptors (Lipinski definition) is 1. The van der Waals surface area contributed by atoms with Crippen molar-refractivity contribution in [3.8, 4) is 11.3 Å². The maximum absolute atomic E-state index is 15.4. The van der Waals surface area contributed by atoms with Crippen LogP contribution in [0.4, 0.5) is 8.78 Å². The minimum Gasteiger partial charge on any atom is -0.455 e. The van der Waals surface area contributed by atoms with E-state index in [0.717, 1.165) is 24.8 Å². The van der Waals surface area contributed by atoms with Gasteiger partial charge in [0.05, 0.1) is 10.9 Å². The molecular formula is C26H26F2NO+. The van der Waals surface area contributed by atoms with Gasteiger partial charge in [-0.2, -0.15) is 0 Å². The van der Waals surface area contributed by atoms with E-state index in [0.29, 0.717) is 51.6 Å². The van der Waals surface area contributed by atoms with E-state index in [1.165, 1.54) is 18.3 Å². The van der Waals surface area contributed by atoms with E-state index in [1.54, 1.807) is 23.7 Å². The quantitative estimate of drug-likeness (QED) is 0.325. The van der Waals surface area contributed by atoms with Crippen molar-refractivity contribution in [1.82, 2.24) is 0 Å². The van der Waals surface area contributed by atoms with Crippen LogP contribution < -0.4 is 4.57 Å². The fourth-order valence-electron chi connectivity index (χ4n) is 4.68. The third kappa shape index (κ3) is 3.01. The maximum Gasteiger partial charge on any atom is 0.219 e. The zero-order chi connectivity index (χ0) is 24.4. The van der Waals surface area contributed by atoms with Crippen LogP contribution >= 0.6 is 0 Å². The molecule has 0 unspecified atom stereocenters. The van der Waals surface area contributed by atoms with E-state index in [2.05, 4.69) is 0 Å². The second-order valence-corrected chi connectivity index (χ2v) is 8.26. The van der Waals surface area contributed by atoms with Crippen molar-refractivity contribution < 1.29 is 23.2 Å². The molecule has 0 amide bonds. The predicted molar refractivity (Wildman–Crippen MR) is 116 cm³/mol. The van der Waals surface area contributed by atoms with Gasteiger partial charge in [0, 0.05) is 22.5 Å². The Bertz CT molecular complexity index is 1440. The number of furan rings is 1. The topological polar surface area (TPSA) is 17.0 Å². The standard InChI is InChI=1S/C26H26F2NO/c1-15-9-10-19-25-21(28)11-18(17-7-5-4-6-8-17)12-23(25)30-26(19)24(15)22-13-20(27)16(2)14-29(22)3/h9-14,17H,4-8H2,1-3H3/q+1/i2D3,17D. The van der Waals surface area contributed by atoms with Crippen LogP contribution in [0.5, 0.6) is 0 Å². The van der Waals surface area contributed by atoms with Gasteiger partial charge in [-0.25, -0.2) is 13.3 Å². The van der Waals surface area contributed by atoms with E-state index in [-0.39, 0.29) is 5.56 Å². The van der Waals surface area contributed by atoms with E-state index >= 15 is 4.39 Å². The van der Waals surface area contributed by atoms with Gasteiger partial charge in [0.1, 0.15) is 29.8 Å². The fourth-order valence-corrected chi connectivity index (χ4v) is 4.68. The molecule has 1 fully saturated rings. The smallest absolute Gasteiger partial charge is 0.219 e. The van der Waals surface area contributed by atoms with Crippen LogP contribution in [0.3, 0.4) is 0 Å². The fraction of sp³-hybridized carbons (Fsp3) is 0.346. The maximum atomic E-state index is 15.4. The molecule has 1 saturated carbocycles. The number of aromatic nitrogens is 1. The highest BCUT2D eigenvalue weighted by Gasteiger charge is 2.25. The molecule has 0 spiro atoms. The molecule has 2 aromatic heterocycles. The van der Waals surface area contributed by atoms with Crippen LogP contribution in [0.25, 0.3) is 33.2 Å². The molecule has 2 heterocycles. The van der Waals surface area contributed by atoms with E-state index in [9.17, 15) is 4.39 Å². The Morgan fingerprint density at radius 3 is 2.63 bits per heavy atom. The molecule has 1 aliphatic rings. The lowest BCUT2D eigenvalue weighted by Crippen LogP contribution is -2.31. The van der Waals surface area contributed by atoms with Crippen molar-refractivity contribution in [3.63, 3.8) is 0 Å². The predicted octanol–water partition coefficient (Wildman–Crippen LogP) is 7.02. The molecule has 2 aromatic carbocycles. The van der Waals surface area contributed by atoms with Gasteiger partial charge in [-0.1, -0.05) is 31.4 Å². The molecule has 0 bridgehead atoms. The van der Waals surface area contributed by atoms with Crippen molar-refractivity contribution in [3.05, 3.63) is 64.9 Å². The second-order valence-electron chi connectivity index (χ2n) is 8.26. The number of hydrogen-bond donors (Lipinski definition) is 0. The summed E-state index contributed by atoms with van der Waals surface area (Å²) in [6.07, 6.45) is 5.62. The third-order valence-corrected chi connectivity index (χ3v) is 6.25. The first-order valence-corrected chi connectivity index (χ1v) is 10.4. The minimum absolute atomic E-state index is 0.335. The Kier molecular flexibility index (Phi) is 3.62. The summed E-state index contributed by atoms with van der Waals surface area (Å²) >= 11 is 0.